The number of anilines is 1. The first-order chi connectivity index (χ1) is 19.4. The Morgan fingerprint density at radius 3 is 2.63 bits per heavy atom. The predicted molar refractivity (Wildman–Crippen MR) is 149 cm³/mol. The number of fused-ring (bicyclic) bond motifs is 7. The van der Waals surface area contributed by atoms with Gasteiger partial charge in [0.05, 0.1) is 12.6 Å². The summed E-state index contributed by atoms with van der Waals surface area (Å²) in [5.74, 6) is -1.24. The number of ketones is 2. The van der Waals surface area contributed by atoms with Gasteiger partial charge in [-0.15, -0.1) is 0 Å². The average Bonchev–Trinajstić information content (AvgIpc) is 3.44. The molecular weight excluding hydrogens is 524 g/mol. The van der Waals surface area contributed by atoms with Crippen molar-refractivity contribution in [2.75, 3.05) is 25.1 Å². The number of allylic oxidation sites excluding steroid dienone is 4. The van der Waals surface area contributed by atoms with E-state index in [0.717, 1.165) is 5.57 Å². The van der Waals surface area contributed by atoms with Gasteiger partial charge >= 0.3 is 12.0 Å². The number of hydrogen-bond acceptors (Lipinski definition) is 7. The number of carbonyl (C=O) groups excluding carboxylic acids is 4. The van der Waals surface area contributed by atoms with Gasteiger partial charge in [0, 0.05) is 48.7 Å². The van der Waals surface area contributed by atoms with Crippen LogP contribution in [-0.4, -0.2) is 65.6 Å². The number of rotatable bonds is 4. The van der Waals surface area contributed by atoms with Crippen LogP contribution in [0.1, 0.15) is 46.5 Å². The highest BCUT2D eigenvalue weighted by atomic mass is 16.7. The van der Waals surface area contributed by atoms with Gasteiger partial charge < -0.3 is 9.84 Å². The Morgan fingerprint density at radius 1 is 1.20 bits per heavy atom. The van der Waals surface area contributed by atoms with Gasteiger partial charge in [-0.2, -0.15) is 0 Å². The summed E-state index contributed by atoms with van der Waals surface area (Å²) < 4.78 is 5.19. The maximum atomic E-state index is 14.1. The number of hydroxylamine groups is 2. The van der Waals surface area contributed by atoms with Gasteiger partial charge in [0.25, 0.3) is 0 Å². The lowest BCUT2D eigenvalue weighted by molar-refractivity contribution is -0.233. The summed E-state index contributed by atoms with van der Waals surface area (Å²) >= 11 is 0. The van der Waals surface area contributed by atoms with Crippen molar-refractivity contribution in [3.63, 3.8) is 0 Å². The van der Waals surface area contributed by atoms with E-state index in [-0.39, 0.29) is 41.8 Å². The van der Waals surface area contributed by atoms with E-state index >= 15 is 0 Å². The first-order valence-corrected chi connectivity index (χ1v) is 14.5. The molecule has 2 amide bonds. The van der Waals surface area contributed by atoms with Crippen molar-refractivity contribution in [3.05, 3.63) is 54.1 Å². The molecule has 4 aliphatic carbocycles. The molecular formula is C32H38N2O7. The van der Waals surface area contributed by atoms with Crippen LogP contribution < -0.4 is 4.90 Å². The third kappa shape index (κ3) is 3.96. The number of carbonyl (C=O) groups is 4. The number of hydrogen-bond donors (Lipinski definition) is 1. The Kier molecular flexibility index (Phi) is 6.54. The van der Waals surface area contributed by atoms with Crippen LogP contribution in [0.5, 0.6) is 0 Å². The number of aliphatic hydroxyl groups excluding tert-OH is 1. The summed E-state index contributed by atoms with van der Waals surface area (Å²) in [6.45, 7) is 5.12. The Balaban J connectivity index is 1.36. The highest BCUT2D eigenvalue weighted by Crippen LogP contribution is 2.70. The minimum absolute atomic E-state index is 0.0203. The topological polar surface area (TPSA) is 113 Å². The lowest BCUT2D eigenvalue weighted by Gasteiger charge is -2.59. The highest BCUT2D eigenvalue weighted by Gasteiger charge is 2.75. The van der Waals surface area contributed by atoms with Crippen LogP contribution in [0.3, 0.4) is 0 Å². The number of ether oxygens (including phenoxy) is 1. The van der Waals surface area contributed by atoms with Crippen molar-refractivity contribution in [2.24, 2.45) is 34.5 Å². The molecule has 0 bridgehead atoms. The lowest BCUT2D eigenvalue weighted by atomic mass is 9.47. The number of Topliss-reactive ketones (excluding diaryl/α,β-unsaturated/α-hetero) is 1. The van der Waals surface area contributed by atoms with Gasteiger partial charge in [-0.3, -0.25) is 24.1 Å². The molecule has 1 aliphatic heterocycles. The fraction of sp³-hybridized carbons (Fsp3) is 0.562. The molecule has 1 aromatic carbocycles. The van der Waals surface area contributed by atoms with Gasteiger partial charge in [0.15, 0.2) is 18.0 Å². The number of urea groups is 1. The van der Waals surface area contributed by atoms with Gasteiger partial charge in [0.2, 0.25) is 5.78 Å². The normalized spacial score (nSPS) is 38.8. The molecule has 41 heavy (non-hydrogen) atoms. The van der Waals surface area contributed by atoms with Crippen LogP contribution in [-0.2, 0) is 24.0 Å². The Bertz CT molecular complexity index is 1360. The molecule has 6 rings (SSSR count). The molecule has 0 unspecified atom stereocenters. The van der Waals surface area contributed by atoms with Crippen LogP contribution in [0.2, 0.25) is 0 Å². The quantitative estimate of drug-likeness (QED) is 0.438. The van der Waals surface area contributed by atoms with E-state index in [1.165, 1.54) is 16.9 Å². The fourth-order valence-electron chi connectivity index (χ4n) is 9.09. The van der Waals surface area contributed by atoms with E-state index in [0.29, 0.717) is 31.4 Å². The van der Waals surface area contributed by atoms with Gasteiger partial charge in [-0.25, -0.2) is 9.86 Å². The third-order valence-corrected chi connectivity index (χ3v) is 10.9. The Morgan fingerprint density at radius 2 is 1.93 bits per heavy atom. The van der Waals surface area contributed by atoms with Crippen LogP contribution in [0, 0.1) is 34.5 Å². The minimum atomic E-state index is -1.43. The van der Waals surface area contributed by atoms with E-state index in [1.807, 2.05) is 43.3 Å². The van der Waals surface area contributed by atoms with Crippen molar-refractivity contribution >= 4 is 29.3 Å². The van der Waals surface area contributed by atoms with Crippen LogP contribution in [0.15, 0.2) is 54.1 Å². The molecule has 5 aliphatic rings. The van der Waals surface area contributed by atoms with Crippen molar-refractivity contribution in [1.82, 2.24) is 5.06 Å². The molecule has 1 N–H and O–H groups in total. The maximum absolute atomic E-state index is 14.1. The summed E-state index contributed by atoms with van der Waals surface area (Å²) in [5, 5.41) is 13.1. The number of esters is 1. The molecule has 3 fully saturated rings. The van der Waals surface area contributed by atoms with Crippen molar-refractivity contribution in [1.29, 1.82) is 0 Å². The molecule has 1 aromatic rings. The Labute approximate surface area is 240 Å². The molecule has 1 saturated heterocycles. The van der Waals surface area contributed by atoms with Gasteiger partial charge in [0.1, 0.15) is 0 Å². The smallest absolute Gasteiger partial charge is 0.348 e. The predicted octanol–water partition coefficient (Wildman–Crippen LogP) is 3.87. The number of benzene rings is 1. The van der Waals surface area contributed by atoms with E-state index < -0.39 is 41.1 Å². The minimum Gasteiger partial charge on any atom is -0.458 e. The number of amides is 2. The second-order valence-corrected chi connectivity index (χ2v) is 12.9. The summed E-state index contributed by atoms with van der Waals surface area (Å²) in [6, 6.07) is 8.81. The van der Waals surface area contributed by atoms with Gasteiger partial charge in [-0.05, 0) is 49.3 Å². The SMILES string of the molecule is CC(=O)OCC(=O)[C@@]12ON(C(=O)N(C)c3ccccc3)C[C@@H]1C[C@H]1[C@@H]3CC=C4CC(=O)C=C[C@]4(C)[C@H]3[C@@H](O)C[C@@]12C. The first kappa shape index (κ1) is 27.8. The largest absolute Gasteiger partial charge is 0.458 e. The second-order valence-electron chi connectivity index (χ2n) is 12.9. The fourth-order valence-corrected chi connectivity index (χ4v) is 9.09. The first-order valence-electron chi connectivity index (χ1n) is 14.5. The highest BCUT2D eigenvalue weighted by molar-refractivity contribution is 5.95. The molecule has 1 heterocycles. The molecule has 2 saturated carbocycles. The van der Waals surface area contributed by atoms with E-state index in [1.54, 1.807) is 13.1 Å². The molecule has 218 valence electrons. The molecule has 9 nitrogen and oxygen atoms in total. The summed E-state index contributed by atoms with van der Waals surface area (Å²) in [6.07, 6.45) is 7.00. The van der Waals surface area contributed by atoms with E-state index in [2.05, 4.69) is 13.0 Å². The zero-order valence-corrected chi connectivity index (χ0v) is 24.0. The Hall–Kier alpha value is -3.30. The van der Waals surface area contributed by atoms with Crippen molar-refractivity contribution in [3.8, 4) is 0 Å². The third-order valence-electron chi connectivity index (χ3n) is 10.9. The van der Waals surface area contributed by atoms with Crippen molar-refractivity contribution < 1.29 is 33.9 Å². The van der Waals surface area contributed by atoms with E-state index in [4.69, 9.17) is 9.57 Å². The van der Waals surface area contributed by atoms with Crippen LogP contribution >= 0.6 is 0 Å². The molecule has 9 heteroatoms. The molecule has 0 spiro atoms. The summed E-state index contributed by atoms with van der Waals surface area (Å²) in [7, 11) is 1.66. The van der Waals surface area contributed by atoms with E-state index in [9.17, 15) is 24.3 Å². The summed E-state index contributed by atoms with van der Waals surface area (Å²) in [4.78, 5) is 59.7. The van der Waals surface area contributed by atoms with Crippen molar-refractivity contribution in [2.45, 2.75) is 58.2 Å². The summed E-state index contributed by atoms with van der Waals surface area (Å²) in [5.41, 5.74) is -0.938. The lowest BCUT2D eigenvalue weighted by Crippen LogP contribution is -2.63. The number of nitrogens with zero attached hydrogens (tertiary/aromatic N) is 2. The second kappa shape index (κ2) is 9.63. The standard InChI is InChI=1S/C32H38N2O7/c1-19(35)40-18-27(38)32-21(17-34(41-32)29(39)33(4)22-8-6-5-7-9-22)15-25-24-11-10-20-14-23(36)12-13-30(20,2)28(24)26(37)16-31(25,32)3/h5-10,12-13,21,24-26,28,37H,11,14-18H2,1-4H3/t21-,24-,25-,26-,28+,30-,31-,32-/m0/s1. The average molecular weight is 563 g/mol. The number of para-hydroxylation sites is 1. The zero-order chi connectivity index (χ0) is 29.3. The number of aliphatic hydroxyl groups is 1. The van der Waals surface area contributed by atoms with Gasteiger partial charge in [-0.1, -0.05) is 49.8 Å². The van der Waals surface area contributed by atoms with Crippen LogP contribution in [0.25, 0.3) is 0 Å². The monoisotopic (exact) mass is 562 g/mol. The van der Waals surface area contributed by atoms with Crippen LogP contribution in [0.4, 0.5) is 10.5 Å². The molecule has 8 atom stereocenters. The maximum Gasteiger partial charge on any atom is 0.348 e. The zero-order valence-electron chi connectivity index (χ0n) is 24.0. The molecule has 0 radical (unpaired) electrons. The molecule has 0 aromatic heterocycles.